The molecular formula is C15H30O2. The van der Waals surface area contributed by atoms with Gasteiger partial charge in [-0.25, -0.2) is 0 Å². The second kappa shape index (κ2) is 9.90. The Hall–Kier alpha value is -0.0800. The van der Waals surface area contributed by atoms with E-state index in [1.54, 1.807) is 0 Å². The number of unbranched alkanes of at least 4 members (excludes halogenated alkanes) is 9. The summed E-state index contributed by atoms with van der Waals surface area (Å²) in [6.07, 6.45) is 14.5. The first kappa shape index (κ1) is 15.0. The van der Waals surface area contributed by atoms with Gasteiger partial charge in [0, 0.05) is 0 Å². The molecule has 0 spiro atoms. The molecule has 0 radical (unpaired) electrons. The topological polar surface area (TPSA) is 32.8 Å². The largest absolute Gasteiger partial charge is 0.390 e. The molecule has 0 aromatic heterocycles. The number of epoxide rings is 1. The average molecular weight is 242 g/mol. The predicted octanol–water partition coefficient (Wildman–Crippen LogP) is 4.06. The molecule has 102 valence electrons. The van der Waals surface area contributed by atoms with Gasteiger partial charge in [0.05, 0.1) is 12.7 Å². The van der Waals surface area contributed by atoms with Crippen molar-refractivity contribution in [2.75, 3.05) is 6.61 Å². The number of hydrogen-bond donors (Lipinski definition) is 1. The van der Waals surface area contributed by atoms with Gasteiger partial charge in [0.25, 0.3) is 0 Å². The highest BCUT2D eigenvalue weighted by Crippen LogP contribution is 2.19. The summed E-state index contributed by atoms with van der Waals surface area (Å²) in [4.78, 5) is 0. The number of hydrogen-bond acceptors (Lipinski definition) is 2. The molecule has 1 heterocycles. The lowest BCUT2D eigenvalue weighted by Crippen LogP contribution is -2.13. The maximum Gasteiger partial charge on any atom is 0.107 e. The fourth-order valence-electron chi connectivity index (χ4n) is 2.30. The van der Waals surface area contributed by atoms with E-state index >= 15 is 0 Å². The van der Waals surface area contributed by atoms with Crippen LogP contribution in [-0.4, -0.2) is 23.9 Å². The van der Waals surface area contributed by atoms with E-state index in [0.717, 1.165) is 19.4 Å². The van der Waals surface area contributed by atoms with Gasteiger partial charge in [0.15, 0.2) is 0 Å². The lowest BCUT2D eigenvalue weighted by molar-refractivity contribution is 0.123. The van der Waals surface area contributed by atoms with Crippen LogP contribution in [-0.2, 0) is 4.74 Å². The standard InChI is InChI=1S/C15H30O2/c1-2-3-4-5-6-7-8-9-10-11-12-14(16)15-13-17-15/h14-16H,2-13H2,1H3/t14-,15-/m0/s1. The van der Waals surface area contributed by atoms with E-state index < -0.39 is 0 Å². The molecule has 2 atom stereocenters. The highest BCUT2D eigenvalue weighted by molar-refractivity contribution is 4.77. The number of rotatable bonds is 12. The Kier molecular flexibility index (Phi) is 8.72. The Labute approximate surface area is 107 Å². The molecule has 1 saturated heterocycles. The molecule has 0 unspecified atom stereocenters. The van der Waals surface area contributed by atoms with Crippen molar-refractivity contribution in [3.8, 4) is 0 Å². The molecule has 0 saturated carbocycles. The Bertz CT molecular complexity index is 166. The van der Waals surface area contributed by atoms with E-state index in [4.69, 9.17) is 4.74 Å². The van der Waals surface area contributed by atoms with Gasteiger partial charge in [-0.2, -0.15) is 0 Å². The van der Waals surface area contributed by atoms with Crippen LogP contribution in [0.15, 0.2) is 0 Å². The van der Waals surface area contributed by atoms with Crippen LogP contribution in [0.2, 0.25) is 0 Å². The normalized spacial score (nSPS) is 20.5. The summed E-state index contributed by atoms with van der Waals surface area (Å²) in [5, 5.41) is 9.59. The molecule has 0 aromatic rings. The van der Waals surface area contributed by atoms with Crippen LogP contribution in [0.1, 0.15) is 77.6 Å². The summed E-state index contributed by atoms with van der Waals surface area (Å²) in [6, 6.07) is 0. The zero-order valence-electron chi connectivity index (χ0n) is 11.5. The fourth-order valence-corrected chi connectivity index (χ4v) is 2.30. The van der Waals surface area contributed by atoms with Crippen LogP contribution in [0, 0.1) is 0 Å². The van der Waals surface area contributed by atoms with Crippen LogP contribution >= 0.6 is 0 Å². The third-order valence-electron chi connectivity index (χ3n) is 3.64. The minimum Gasteiger partial charge on any atom is -0.390 e. The van der Waals surface area contributed by atoms with E-state index in [2.05, 4.69) is 6.92 Å². The maximum absolute atomic E-state index is 9.59. The van der Waals surface area contributed by atoms with Crippen molar-refractivity contribution < 1.29 is 9.84 Å². The van der Waals surface area contributed by atoms with Gasteiger partial charge >= 0.3 is 0 Å². The van der Waals surface area contributed by atoms with Crippen molar-refractivity contribution in [1.29, 1.82) is 0 Å². The van der Waals surface area contributed by atoms with Crippen LogP contribution < -0.4 is 0 Å². The van der Waals surface area contributed by atoms with Crippen molar-refractivity contribution in [3.63, 3.8) is 0 Å². The van der Waals surface area contributed by atoms with Crippen LogP contribution in [0.5, 0.6) is 0 Å². The molecule has 2 nitrogen and oxygen atoms in total. The smallest absolute Gasteiger partial charge is 0.107 e. The average Bonchev–Trinajstić information content (AvgIpc) is 3.15. The Morgan fingerprint density at radius 3 is 1.88 bits per heavy atom. The molecule has 17 heavy (non-hydrogen) atoms. The molecule has 0 bridgehead atoms. The van der Waals surface area contributed by atoms with E-state index in [1.165, 1.54) is 57.8 Å². The van der Waals surface area contributed by atoms with Crippen LogP contribution in [0.4, 0.5) is 0 Å². The van der Waals surface area contributed by atoms with Gasteiger partial charge in [-0.05, 0) is 6.42 Å². The second-order valence-corrected chi connectivity index (χ2v) is 5.41. The highest BCUT2D eigenvalue weighted by Gasteiger charge is 2.30. The molecule has 1 aliphatic rings. The Morgan fingerprint density at radius 1 is 0.941 bits per heavy atom. The second-order valence-electron chi connectivity index (χ2n) is 5.41. The fraction of sp³-hybridized carbons (Fsp3) is 1.00. The van der Waals surface area contributed by atoms with Crippen molar-refractivity contribution in [3.05, 3.63) is 0 Å². The minimum absolute atomic E-state index is 0.175. The quantitative estimate of drug-likeness (QED) is 0.413. The van der Waals surface area contributed by atoms with E-state index in [0.29, 0.717) is 0 Å². The van der Waals surface area contributed by atoms with Gasteiger partial charge < -0.3 is 9.84 Å². The van der Waals surface area contributed by atoms with Gasteiger partial charge in [0.1, 0.15) is 6.10 Å². The molecule has 1 N–H and O–H groups in total. The zero-order chi connectivity index (χ0) is 12.3. The Balaban J connectivity index is 1.69. The summed E-state index contributed by atoms with van der Waals surface area (Å²) >= 11 is 0. The van der Waals surface area contributed by atoms with E-state index in [1.807, 2.05) is 0 Å². The third-order valence-corrected chi connectivity index (χ3v) is 3.64. The van der Waals surface area contributed by atoms with E-state index in [9.17, 15) is 5.11 Å². The van der Waals surface area contributed by atoms with Crippen LogP contribution in [0.25, 0.3) is 0 Å². The van der Waals surface area contributed by atoms with E-state index in [-0.39, 0.29) is 12.2 Å². The number of aliphatic hydroxyl groups excluding tert-OH is 1. The molecule has 0 amide bonds. The molecule has 1 rings (SSSR count). The molecule has 2 heteroatoms. The summed E-state index contributed by atoms with van der Waals surface area (Å²) < 4.78 is 5.06. The SMILES string of the molecule is CCCCCCCCCCCC[C@H](O)[C@@H]1CO1. The summed E-state index contributed by atoms with van der Waals surface area (Å²) in [5.41, 5.74) is 0. The predicted molar refractivity (Wildman–Crippen MR) is 72.2 cm³/mol. The first-order chi connectivity index (χ1) is 8.34. The van der Waals surface area contributed by atoms with Gasteiger partial charge in [-0.1, -0.05) is 71.1 Å². The van der Waals surface area contributed by atoms with Crippen molar-refractivity contribution in [1.82, 2.24) is 0 Å². The first-order valence-electron chi connectivity index (χ1n) is 7.64. The number of ether oxygens (including phenoxy) is 1. The highest BCUT2D eigenvalue weighted by atomic mass is 16.6. The molecule has 1 aliphatic heterocycles. The van der Waals surface area contributed by atoms with Gasteiger partial charge in [-0.3, -0.25) is 0 Å². The van der Waals surface area contributed by atoms with Gasteiger partial charge in [-0.15, -0.1) is 0 Å². The van der Waals surface area contributed by atoms with Gasteiger partial charge in [0.2, 0.25) is 0 Å². The Morgan fingerprint density at radius 2 is 1.41 bits per heavy atom. The van der Waals surface area contributed by atoms with Crippen molar-refractivity contribution in [2.45, 2.75) is 89.8 Å². The lowest BCUT2D eigenvalue weighted by atomic mass is 10.0. The third kappa shape index (κ3) is 8.62. The summed E-state index contributed by atoms with van der Waals surface area (Å²) in [6.45, 7) is 3.04. The number of aliphatic hydroxyl groups is 1. The van der Waals surface area contributed by atoms with Crippen molar-refractivity contribution in [2.24, 2.45) is 0 Å². The summed E-state index contributed by atoms with van der Waals surface area (Å²) in [7, 11) is 0. The van der Waals surface area contributed by atoms with Crippen molar-refractivity contribution >= 4 is 0 Å². The molecule has 1 fully saturated rings. The lowest BCUT2D eigenvalue weighted by Gasteiger charge is -2.06. The molecular weight excluding hydrogens is 212 g/mol. The maximum atomic E-state index is 9.59. The minimum atomic E-state index is -0.191. The summed E-state index contributed by atoms with van der Waals surface area (Å²) in [5.74, 6) is 0. The zero-order valence-corrected chi connectivity index (χ0v) is 11.5. The molecule has 0 aromatic carbocycles. The first-order valence-corrected chi connectivity index (χ1v) is 7.64. The van der Waals surface area contributed by atoms with Crippen LogP contribution in [0.3, 0.4) is 0 Å². The molecule has 0 aliphatic carbocycles. The monoisotopic (exact) mass is 242 g/mol.